The van der Waals surface area contributed by atoms with Crippen LogP contribution >= 0.6 is 0 Å². The molecule has 1 aliphatic heterocycles. The number of fused-ring (bicyclic) bond motifs is 1. The third kappa shape index (κ3) is 2.55. The lowest BCUT2D eigenvalue weighted by atomic mass is 9.76. The van der Waals surface area contributed by atoms with Gasteiger partial charge in [-0.05, 0) is 25.2 Å². The Labute approximate surface area is 112 Å². The zero-order chi connectivity index (χ0) is 14.0. The molecule has 2 amide bonds. The van der Waals surface area contributed by atoms with Crippen molar-refractivity contribution in [3.63, 3.8) is 0 Å². The van der Waals surface area contributed by atoms with E-state index in [0.717, 1.165) is 6.42 Å². The van der Waals surface area contributed by atoms with Crippen LogP contribution in [-0.4, -0.2) is 34.3 Å². The molecule has 1 N–H and O–H groups in total. The molecule has 0 unspecified atom stereocenters. The van der Waals surface area contributed by atoms with Crippen LogP contribution in [0.4, 0.5) is 0 Å². The summed E-state index contributed by atoms with van der Waals surface area (Å²) in [5.41, 5.74) is 0. The minimum absolute atomic E-state index is 0.0121. The first-order valence-corrected chi connectivity index (χ1v) is 6.80. The normalized spacial score (nSPS) is 29.7. The molecule has 5 nitrogen and oxygen atoms in total. The zero-order valence-electron chi connectivity index (χ0n) is 11.0. The molecule has 0 spiro atoms. The van der Waals surface area contributed by atoms with Gasteiger partial charge in [-0.3, -0.25) is 19.3 Å². The minimum atomic E-state index is -0.899. The van der Waals surface area contributed by atoms with Crippen LogP contribution in [0.1, 0.15) is 32.6 Å². The highest BCUT2D eigenvalue weighted by Crippen LogP contribution is 2.39. The molecule has 0 bridgehead atoms. The molecule has 5 heteroatoms. The van der Waals surface area contributed by atoms with Gasteiger partial charge in [0.1, 0.15) is 0 Å². The van der Waals surface area contributed by atoms with Gasteiger partial charge in [0.15, 0.2) is 0 Å². The summed E-state index contributed by atoms with van der Waals surface area (Å²) in [7, 11) is 0. The number of hydrogen-bond acceptors (Lipinski definition) is 3. The molecule has 2 aliphatic rings. The second-order valence-electron chi connectivity index (χ2n) is 5.19. The quantitative estimate of drug-likeness (QED) is 0.603. The van der Waals surface area contributed by atoms with Crippen LogP contribution in [-0.2, 0) is 14.4 Å². The number of carboxylic acid groups (broad SMARTS) is 1. The van der Waals surface area contributed by atoms with Gasteiger partial charge in [-0.25, -0.2) is 0 Å². The number of amides is 2. The van der Waals surface area contributed by atoms with E-state index in [4.69, 9.17) is 5.11 Å². The summed E-state index contributed by atoms with van der Waals surface area (Å²) in [5.74, 6) is -1.45. The summed E-state index contributed by atoms with van der Waals surface area (Å²) in [6.45, 7) is 2.25. The number of likely N-dealkylation sites (tertiary alicyclic amines) is 1. The highest BCUT2D eigenvalue weighted by molar-refractivity contribution is 6.05. The molecular weight excluding hydrogens is 246 g/mol. The van der Waals surface area contributed by atoms with E-state index >= 15 is 0 Å². The van der Waals surface area contributed by atoms with Crippen LogP contribution in [0, 0.1) is 17.8 Å². The number of allylic oxidation sites excluding steroid dienone is 2. The lowest BCUT2D eigenvalue weighted by Crippen LogP contribution is -2.33. The maximum absolute atomic E-state index is 12.3. The molecule has 1 heterocycles. The Kier molecular flexibility index (Phi) is 4.02. The Balaban J connectivity index is 2.06. The van der Waals surface area contributed by atoms with Crippen molar-refractivity contribution in [1.82, 2.24) is 4.90 Å². The molecule has 0 aromatic carbocycles. The maximum atomic E-state index is 12.3. The lowest BCUT2D eigenvalue weighted by Gasteiger charge is -2.24. The van der Waals surface area contributed by atoms with Gasteiger partial charge in [0.25, 0.3) is 0 Å². The molecule has 104 valence electrons. The van der Waals surface area contributed by atoms with Crippen LogP contribution in [0.3, 0.4) is 0 Å². The van der Waals surface area contributed by atoms with Gasteiger partial charge >= 0.3 is 5.97 Å². The van der Waals surface area contributed by atoms with Crippen LogP contribution in [0.15, 0.2) is 12.2 Å². The van der Waals surface area contributed by atoms with Crippen molar-refractivity contribution >= 4 is 17.8 Å². The summed E-state index contributed by atoms with van der Waals surface area (Å²) in [5, 5.41) is 8.61. The first-order chi connectivity index (χ1) is 9.06. The SMILES string of the molecule is CC[C@@H]1C=CC[C@H]2C(=O)N(CCCC(=O)O)C(=O)[C@H]12. The Morgan fingerprint density at radius 2 is 2.16 bits per heavy atom. The number of carboxylic acids is 1. The molecule has 0 radical (unpaired) electrons. The lowest BCUT2D eigenvalue weighted by molar-refractivity contribution is -0.142. The van der Waals surface area contributed by atoms with Crippen molar-refractivity contribution in [2.45, 2.75) is 32.6 Å². The van der Waals surface area contributed by atoms with Crippen LogP contribution in [0.2, 0.25) is 0 Å². The van der Waals surface area contributed by atoms with Gasteiger partial charge in [-0.1, -0.05) is 19.1 Å². The topological polar surface area (TPSA) is 74.7 Å². The molecule has 0 aromatic heterocycles. The number of rotatable bonds is 5. The Morgan fingerprint density at radius 1 is 1.42 bits per heavy atom. The average molecular weight is 265 g/mol. The average Bonchev–Trinajstić information content (AvgIpc) is 2.63. The second-order valence-corrected chi connectivity index (χ2v) is 5.19. The van der Waals surface area contributed by atoms with E-state index in [1.54, 1.807) is 0 Å². The first-order valence-electron chi connectivity index (χ1n) is 6.80. The minimum Gasteiger partial charge on any atom is -0.481 e. The van der Waals surface area contributed by atoms with Crippen LogP contribution < -0.4 is 0 Å². The Hall–Kier alpha value is -1.65. The number of aliphatic carboxylic acids is 1. The standard InChI is InChI=1S/C14H19NO4/c1-2-9-5-3-6-10-12(9)14(19)15(13(10)18)8-4-7-11(16)17/h3,5,9-10,12H,2,4,6-8H2,1H3,(H,16,17)/t9-,10-,12-/m1/s1. The molecule has 19 heavy (non-hydrogen) atoms. The predicted molar refractivity (Wildman–Crippen MR) is 68.1 cm³/mol. The second kappa shape index (κ2) is 5.55. The first kappa shape index (κ1) is 13.8. The molecule has 0 aromatic rings. The van der Waals surface area contributed by atoms with Gasteiger partial charge < -0.3 is 5.11 Å². The summed E-state index contributed by atoms with van der Waals surface area (Å²) < 4.78 is 0. The smallest absolute Gasteiger partial charge is 0.303 e. The molecular formula is C14H19NO4. The third-order valence-electron chi connectivity index (χ3n) is 4.05. The van der Waals surface area contributed by atoms with Gasteiger partial charge in [0.2, 0.25) is 11.8 Å². The molecule has 3 atom stereocenters. The van der Waals surface area contributed by atoms with E-state index in [1.807, 2.05) is 19.1 Å². The monoisotopic (exact) mass is 265 g/mol. The van der Waals surface area contributed by atoms with Crippen molar-refractivity contribution in [2.75, 3.05) is 6.54 Å². The Morgan fingerprint density at radius 3 is 2.79 bits per heavy atom. The third-order valence-corrected chi connectivity index (χ3v) is 4.05. The summed E-state index contributed by atoms with van der Waals surface area (Å²) >= 11 is 0. The zero-order valence-corrected chi connectivity index (χ0v) is 11.0. The number of imide groups is 1. The molecule has 1 fully saturated rings. The fourth-order valence-corrected chi connectivity index (χ4v) is 3.06. The van der Waals surface area contributed by atoms with E-state index in [-0.39, 0.29) is 42.5 Å². The summed E-state index contributed by atoms with van der Waals surface area (Å²) in [4.78, 5) is 36.3. The number of carbonyl (C=O) groups excluding carboxylic acids is 2. The van der Waals surface area contributed by atoms with E-state index in [9.17, 15) is 14.4 Å². The van der Waals surface area contributed by atoms with E-state index in [2.05, 4.69) is 0 Å². The van der Waals surface area contributed by atoms with Crippen LogP contribution in [0.5, 0.6) is 0 Å². The molecule has 1 aliphatic carbocycles. The maximum Gasteiger partial charge on any atom is 0.303 e. The van der Waals surface area contributed by atoms with Crippen molar-refractivity contribution in [1.29, 1.82) is 0 Å². The number of hydrogen-bond donors (Lipinski definition) is 1. The van der Waals surface area contributed by atoms with Gasteiger partial charge in [0, 0.05) is 13.0 Å². The van der Waals surface area contributed by atoms with Gasteiger partial charge in [-0.15, -0.1) is 0 Å². The largest absolute Gasteiger partial charge is 0.481 e. The van der Waals surface area contributed by atoms with Crippen molar-refractivity contribution in [2.24, 2.45) is 17.8 Å². The van der Waals surface area contributed by atoms with E-state index in [1.165, 1.54) is 4.90 Å². The van der Waals surface area contributed by atoms with Gasteiger partial charge in [-0.2, -0.15) is 0 Å². The van der Waals surface area contributed by atoms with E-state index in [0.29, 0.717) is 12.8 Å². The molecule has 0 saturated carbocycles. The molecule has 1 saturated heterocycles. The summed E-state index contributed by atoms with van der Waals surface area (Å²) in [6.07, 6.45) is 5.81. The van der Waals surface area contributed by atoms with E-state index < -0.39 is 5.97 Å². The highest BCUT2D eigenvalue weighted by Gasteiger charge is 2.50. The molecule has 2 rings (SSSR count). The van der Waals surface area contributed by atoms with Gasteiger partial charge in [0.05, 0.1) is 11.8 Å². The number of nitrogens with zero attached hydrogens (tertiary/aromatic N) is 1. The van der Waals surface area contributed by atoms with Crippen molar-refractivity contribution < 1.29 is 19.5 Å². The fourth-order valence-electron chi connectivity index (χ4n) is 3.06. The fraction of sp³-hybridized carbons (Fsp3) is 0.643. The van der Waals surface area contributed by atoms with Crippen LogP contribution in [0.25, 0.3) is 0 Å². The van der Waals surface area contributed by atoms with Crippen molar-refractivity contribution in [3.8, 4) is 0 Å². The number of carbonyl (C=O) groups is 3. The Bertz CT molecular complexity index is 429. The predicted octanol–water partition coefficient (Wildman–Crippen LogP) is 1.44. The summed E-state index contributed by atoms with van der Waals surface area (Å²) in [6, 6.07) is 0. The van der Waals surface area contributed by atoms with Crippen molar-refractivity contribution in [3.05, 3.63) is 12.2 Å². The highest BCUT2D eigenvalue weighted by atomic mass is 16.4.